The first-order chi connectivity index (χ1) is 11.2. The van der Waals surface area contributed by atoms with Crippen LogP contribution in [-0.2, 0) is 10.2 Å². The number of halogens is 2. The van der Waals surface area contributed by atoms with E-state index in [0.717, 1.165) is 5.56 Å². The van der Waals surface area contributed by atoms with Gasteiger partial charge in [-0.2, -0.15) is 0 Å². The molecule has 3 rings (SSSR count). The normalized spacial score (nSPS) is 28.7. The zero-order valence-electron chi connectivity index (χ0n) is 14.2. The van der Waals surface area contributed by atoms with E-state index in [9.17, 15) is 9.90 Å². The van der Waals surface area contributed by atoms with Gasteiger partial charge >= 0.3 is 6.09 Å². The topological polar surface area (TPSA) is 49.8 Å². The number of fused-ring (bicyclic) bond motifs is 1. The number of amides is 1. The zero-order valence-corrected chi connectivity index (χ0v) is 15.7. The van der Waals surface area contributed by atoms with Gasteiger partial charge in [0.1, 0.15) is 5.60 Å². The minimum atomic E-state index is -0.490. The Bertz CT molecular complexity index is 644. The zero-order chi connectivity index (χ0) is 17.7. The number of ether oxygens (including phenoxy) is 1. The lowest BCUT2D eigenvalue weighted by atomic mass is 9.87. The number of piperidine rings is 1. The summed E-state index contributed by atoms with van der Waals surface area (Å²) < 4.78 is 5.46. The summed E-state index contributed by atoms with van der Waals surface area (Å²) in [4.78, 5) is 14.0. The average molecular weight is 372 g/mol. The Morgan fingerprint density at radius 1 is 1.29 bits per heavy atom. The fraction of sp³-hybridized carbons (Fsp3) is 0.611. The number of hydrogen-bond acceptors (Lipinski definition) is 3. The van der Waals surface area contributed by atoms with Crippen LogP contribution in [0, 0.1) is 11.8 Å². The number of nitrogens with zero attached hydrogens (tertiary/aromatic N) is 1. The molecule has 1 aliphatic carbocycles. The monoisotopic (exact) mass is 371 g/mol. The second kappa shape index (κ2) is 6.08. The van der Waals surface area contributed by atoms with E-state index in [1.165, 1.54) is 0 Å². The summed E-state index contributed by atoms with van der Waals surface area (Å²) in [5, 5.41) is 10.6. The fourth-order valence-electron chi connectivity index (χ4n) is 4.12. The number of aliphatic hydroxyl groups is 1. The second-order valence-corrected chi connectivity index (χ2v) is 8.56. The molecule has 4 nitrogen and oxygen atoms in total. The lowest BCUT2D eigenvalue weighted by Gasteiger charge is -2.29. The molecule has 1 aromatic rings. The molecule has 0 unspecified atom stereocenters. The largest absolute Gasteiger partial charge is 0.444 e. The van der Waals surface area contributed by atoms with E-state index in [1.54, 1.807) is 11.0 Å². The van der Waals surface area contributed by atoms with Crippen LogP contribution in [0.3, 0.4) is 0 Å². The van der Waals surface area contributed by atoms with Crippen LogP contribution in [0.5, 0.6) is 0 Å². The summed E-state index contributed by atoms with van der Waals surface area (Å²) in [5.74, 6) is 0.656. The van der Waals surface area contributed by atoms with Gasteiger partial charge in [0.25, 0.3) is 0 Å². The predicted octanol–water partition coefficient (Wildman–Crippen LogP) is 4.11. The maximum atomic E-state index is 12.2. The molecule has 1 saturated heterocycles. The van der Waals surface area contributed by atoms with Crippen molar-refractivity contribution in [1.82, 2.24) is 4.90 Å². The van der Waals surface area contributed by atoms with Gasteiger partial charge in [0, 0.05) is 25.1 Å². The van der Waals surface area contributed by atoms with Crippen LogP contribution in [0.4, 0.5) is 4.79 Å². The maximum absolute atomic E-state index is 12.2. The molecule has 2 fully saturated rings. The van der Waals surface area contributed by atoms with Gasteiger partial charge in [-0.1, -0.05) is 29.3 Å². The summed E-state index contributed by atoms with van der Waals surface area (Å²) in [6.07, 6.45) is 0.407. The van der Waals surface area contributed by atoms with Crippen LogP contribution in [0.25, 0.3) is 0 Å². The first-order valence-electron chi connectivity index (χ1n) is 8.23. The third kappa shape index (κ3) is 3.00. The molecule has 0 bridgehead atoms. The lowest BCUT2D eigenvalue weighted by Crippen LogP contribution is -2.39. The highest BCUT2D eigenvalue weighted by atomic mass is 35.5. The molecular formula is C18H23Cl2NO3. The predicted molar refractivity (Wildman–Crippen MR) is 94.6 cm³/mol. The van der Waals surface area contributed by atoms with Crippen molar-refractivity contribution < 1.29 is 14.6 Å². The van der Waals surface area contributed by atoms with Crippen LogP contribution < -0.4 is 0 Å². The van der Waals surface area contributed by atoms with Crippen LogP contribution in [0.1, 0.15) is 32.8 Å². The number of likely N-dealkylation sites (tertiary alicyclic amines) is 1. The molecular weight excluding hydrogens is 349 g/mol. The van der Waals surface area contributed by atoms with Crippen LogP contribution in [0.15, 0.2) is 18.2 Å². The Labute approximate surface area is 152 Å². The van der Waals surface area contributed by atoms with Gasteiger partial charge in [-0.25, -0.2) is 4.79 Å². The summed E-state index contributed by atoms with van der Waals surface area (Å²) in [5.41, 5.74) is 0.502. The van der Waals surface area contributed by atoms with Gasteiger partial charge in [-0.05, 0) is 56.7 Å². The second-order valence-electron chi connectivity index (χ2n) is 7.74. The van der Waals surface area contributed by atoms with E-state index in [1.807, 2.05) is 32.9 Å². The molecule has 1 heterocycles. The van der Waals surface area contributed by atoms with Crippen molar-refractivity contribution in [2.24, 2.45) is 11.8 Å². The molecule has 1 aliphatic heterocycles. The molecule has 0 spiro atoms. The molecule has 3 atom stereocenters. The number of carbonyl (C=O) groups is 1. The molecule has 132 valence electrons. The van der Waals surface area contributed by atoms with Crippen molar-refractivity contribution in [3.05, 3.63) is 33.8 Å². The third-order valence-electron chi connectivity index (χ3n) is 5.17. The van der Waals surface area contributed by atoms with Crippen molar-refractivity contribution in [2.75, 3.05) is 19.7 Å². The molecule has 2 aliphatic rings. The lowest BCUT2D eigenvalue weighted by molar-refractivity contribution is 0.0258. The number of benzene rings is 1. The number of aliphatic hydroxyl groups excluding tert-OH is 1. The average Bonchev–Trinajstić information content (AvgIpc) is 2.87. The summed E-state index contributed by atoms with van der Waals surface area (Å²) >= 11 is 12.2. The van der Waals surface area contributed by atoms with Crippen molar-refractivity contribution in [3.63, 3.8) is 0 Å². The van der Waals surface area contributed by atoms with Crippen LogP contribution in [-0.4, -0.2) is 41.4 Å². The Morgan fingerprint density at radius 2 is 1.92 bits per heavy atom. The maximum Gasteiger partial charge on any atom is 0.410 e. The van der Waals surface area contributed by atoms with Gasteiger partial charge < -0.3 is 14.7 Å². The van der Waals surface area contributed by atoms with E-state index in [0.29, 0.717) is 41.4 Å². The highest BCUT2D eigenvalue weighted by Gasteiger charge is 2.68. The van der Waals surface area contributed by atoms with E-state index < -0.39 is 5.60 Å². The fourth-order valence-corrected chi connectivity index (χ4v) is 4.42. The van der Waals surface area contributed by atoms with E-state index in [4.69, 9.17) is 27.9 Å². The Balaban J connectivity index is 1.76. The minimum absolute atomic E-state index is 0.110. The van der Waals surface area contributed by atoms with E-state index in [2.05, 4.69) is 0 Å². The van der Waals surface area contributed by atoms with Crippen LogP contribution >= 0.6 is 23.2 Å². The third-order valence-corrected chi connectivity index (χ3v) is 5.91. The van der Waals surface area contributed by atoms with Crippen molar-refractivity contribution in [1.29, 1.82) is 0 Å². The minimum Gasteiger partial charge on any atom is -0.444 e. The molecule has 0 radical (unpaired) electrons. The van der Waals surface area contributed by atoms with Crippen LogP contribution in [0.2, 0.25) is 10.0 Å². The van der Waals surface area contributed by atoms with E-state index in [-0.39, 0.29) is 18.1 Å². The number of rotatable bonds is 3. The summed E-state index contributed by atoms with van der Waals surface area (Å²) in [6, 6.07) is 5.69. The van der Waals surface area contributed by atoms with Crippen molar-refractivity contribution in [3.8, 4) is 0 Å². The first-order valence-corrected chi connectivity index (χ1v) is 8.99. The van der Waals surface area contributed by atoms with E-state index >= 15 is 0 Å². The molecule has 1 amide bonds. The number of carbonyl (C=O) groups excluding carboxylic acids is 1. The Hall–Kier alpha value is -0.970. The molecule has 1 N–H and O–H groups in total. The van der Waals surface area contributed by atoms with Gasteiger partial charge in [0.2, 0.25) is 0 Å². The standard InChI is InChI=1S/C18H23Cl2NO3/c1-17(2,3)24-16(23)21-9-12-13(10-21)18(12,6-7-22)11-4-5-14(19)15(20)8-11/h4-5,8,12-13,22H,6-7,9-10H2,1-3H3/t12-,13+,18+. The van der Waals surface area contributed by atoms with Gasteiger partial charge in [-0.3, -0.25) is 0 Å². The highest BCUT2D eigenvalue weighted by molar-refractivity contribution is 6.42. The van der Waals surface area contributed by atoms with Crippen molar-refractivity contribution in [2.45, 2.75) is 38.2 Å². The smallest absolute Gasteiger partial charge is 0.410 e. The first kappa shape index (κ1) is 17.8. The SMILES string of the molecule is CC(C)(C)OC(=O)N1C[C@@H]2[C@H](C1)[C@@]2(CCO)c1ccc(Cl)c(Cl)c1. The quantitative estimate of drug-likeness (QED) is 0.869. The highest BCUT2D eigenvalue weighted by Crippen LogP contribution is 2.65. The Morgan fingerprint density at radius 3 is 2.42 bits per heavy atom. The summed E-state index contributed by atoms with van der Waals surface area (Å²) in [6.45, 7) is 7.02. The molecule has 0 aromatic heterocycles. The van der Waals surface area contributed by atoms with Gasteiger partial charge in [0.15, 0.2) is 0 Å². The molecule has 1 saturated carbocycles. The number of hydrogen-bond donors (Lipinski definition) is 1. The molecule has 1 aromatic carbocycles. The summed E-state index contributed by atoms with van der Waals surface area (Å²) in [7, 11) is 0. The van der Waals surface area contributed by atoms with Gasteiger partial charge in [0.05, 0.1) is 10.0 Å². The Kier molecular flexibility index (Phi) is 4.52. The molecule has 6 heteroatoms. The van der Waals surface area contributed by atoms with Gasteiger partial charge in [-0.15, -0.1) is 0 Å². The molecule has 24 heavy (non-hydrogen) atoms. The van der Waals surface area contributed by atoms with Crippen molar-refractivity contribution >= 4 is 29.3 Å².